The normalized spacial score (nSPS) is 18.0. The molecule has 1 aliphatic rings. The Morgan fingerprint density at radius 1 is 1.50 bits per heavy atom. The minimum atomic E-state index is -0.342. The lowest BCUT2D eigenvalue weighted by molar-refractivity contribution is -0.0266. The summed E-state index contributed by atoms with van der Waals surface area (Å²) >= 11 is 0. The van der Waals surface area contributed by atoms with Crippen molar-refractivity contribution < 1.29 is 13.9 Å². The summed E-state index contributed by atoms with van der Waals surface area (Å²) in [6.07, 6.45) is 1.47. The van der Waals surface area contributed by atoms with Gasteiger partial charge in [-0.1, -0.05) is 6.92 Å². The van der Waals surface area contributed by atoms with Crippen LogP contribution in [0.25, 0.3) is 0 Å². The smallest absolute Gasteiger partial charge is 0.254 e. The lowest BCUT2D eigenvalue weighted by Crippen LogP contribution is -2.42. The zero-order valence-corrected chi connectivity index (χ0v) is 13.9. The molecular weight excluding hydrogens is 311 g/mol. The Kier molecular flexibility index (Phi) is 4.89. The highest BCUT2D eigenvalue weighted by atomic mass is 19.1. The highest BCUT2D eigenvalue weighted by molar-refractivity contribution is 5.94. The summed E-state index contributed by atoms with van der Waals surface area (Å²) in [6, 6.07) is 4.42. The molecule has 2 aromatic rings. The van der Waals surface area contributed by atoms with Gasteiger partial charge in [0.2, 0.25) is 0 Å². The second-order valence-corrected chi connectivity index (χ2v) is 5.96. The van der Waals surface area contributed by atoms with Gasteiger partial charge >= 0.3 is 0 Å². The molecule has 7 heteroatoms. The van der Waals surface area contributed by atoms with Crippen molar-refractivity contribution >= 4 is 5.91 Å². The summed E-state index contributed by atoms with van der Waals surface area (Å²) in [7, 11) is 0. The van der Waals surface area contributed by atoms with E-state index in [1.54, 1.807) is 17.9 Å². The van der Waals surface area contributed by atoms with E-state index in [-0.39, 0.29) is 17.8 Å². The van der Waals surface area contributed by atoms with E-state index < -0.39 is 0 Å². The Hall–Kier alpha value is -2.28. The van der Waals surface area contributed by atoms with Crippen LogP contribution in [0.1, 0.15) is 47.0 Å². The monoisotopic (exact) mass is 332 g/mol. The second-order valence-electron chi connectivity index (χ2n) is 5.96. The Labute approximate surface area is 140 Å². The standard InChI is InChI=1S/C17H21FN4O2/c1-3-4-15-19-16(21-20-15)14-10-22(7-8-24-14)17(23)12-5-6-13(18)11(2)9-12/h5-6,9,14H,3-4,7-8,10H2,1-2H3,(H,19,20,21). The van der Waals surface area contributed by atoms with Crippen molar-refractivity contribution in [2.75, 3.05) is 19.7 Å². The van der Waals surface area contributed by atoms with Crippen LogP contribution in [0.15, 0.2) is 18.2 Å². The number of hydrogen-bond donors (Lipinski definition) is 1. The predicted octanol–water partition coefficient (Wildman–Crippen LogP) is 2.42. The van der Waals surface area contributed by atoms with E-state index >= 15 is 0 Å². The summed E-state index contributed by atoms with van der Waals surface area (Å²) in [5.74, 6) is 0.964. The minimum absolute atomic E-state index is 0.129. The molecule has 0 aliphatic carbocycles. The molecule has 0 saturated carbocycles. The summed E-state index contributed by atoms with van der Waals surface area (Å²) in [6.45, 7) is 5.03. The number of aromatic nitrogens is 3. The summed E-state index contributed by atoms with van der Waals surface area (Å²) in [4.78, 5) is 18.8. The van der Waals surface area contributed by atoms with Crippen molar-refractivity contribution in [3.63, 3.8) is 0 Å². The Morgan fingerprint density at radius 2 is 2.33 bits per heavy atom. The molecule has 0 bridgehead atoms. The van der Waals surface area contributed by atoms with Crippen LogP contribution in [0.2, 0.25) is 0 Å². The van der Waals surface area contributed by atoms with Gasteiger partial charge in [-0.15, -0.1) is 0 Å². The minimum Gasteiger partial charge on any atom is -0.366 e. The Morgan fingerprint density at radius 3 is 3.08 bits per heavy atom. The topological polar surface area (TPSA) is 71.1 Å². The van der Waals surface area contributed by atoms with Gasteiger partial charge in [-0.05, 0) is 37.1 Å². The Balaban J connectivity index is 1.72. The fourth-order valence-corrected chi connectivity index (χ4v) is 2.75. The fourth-order valence-electron chi connectivity index (χ4n) is 2.75. The molecule has 1 fully saturated rings. The number of rotatable bonds is 4. The highest BCUT2D eigenvalue weighted by Gasteiger charge is 2.28. The van der Waals surface area contributed by atoms with Gasteiger partial charge in [0, 0.05) is 18.5 Å². The molecule has 1 N–H and O–H groups in total. The molecule has 3 rings (SSSR count). The van der Waals surface area contributed by atoms with Crippen molar-refractivity contribution in [3.8, 4) is 0 Å². The number of halogens is 1. The van der Waals surface area contributed by atoms with Crippen LogP contribution in [-0.4, -0.2) is 45.7 Å². The zero-order valence-electron chi connectivity index (χ0n) is 13.9. The number of morpholine rings is 1. The van der Waals surface area contributed by atoms with Gasteiger partial charge in [0.1, 0.15) is 17.7 Å². The molecule has 1 amide bonds. The maximum Gasteiger partial charge on any atom is 0.254 e. The maximum absolute atomic E-state index is 13.4. The third-order valence-corrected chi connectivity index (χ3v) is 4.08. The molecule has 1 saturated heterocycles. The number of H-pyrrole nitrogens is 1. The van der Waals surface area contributed by atoms with Crippen LogP contribution in [0.4, 0.5) is 4.39 Å². The predicted molar refractivity (Wildman–Crippen MR) is 86.1 cm³/mol. The average Bonchev–Trinajstić information content (AvgIpc) is 3.06. The van der Waals surface area contributed by atoms with E-state index in [9.17, 15) is 9.18 Å². The number of hydrogen-bond acceptors (Lipinski definition) is 4. The molecule has 1 atom stereocenters. The van der Waals surface area contributed by atoms with Crippen molar-refractivity contribution in [2.45, 2.75) is 32.8 Å². The van der Waals surface area contributed by atoms with Crippen LogP contribution >= 0.6 is 0 Å². The summed E-state index contributed by atoms with van der Waals surface area (Å²) in [5, 5.41) is 7.11. The van der Waals surface area contributed by atoms with E-state index in [0.717, 1.165) is 18.7 Å². The van der Waals surface area contributed by atoms with Crippen LogP contribution in [0, 0.1) is 12.7 Å². The molecule has 128 valence electrons. The molecule has 1 aliphatic heterocycles. The fraction of sp³-hybridized carbons (Fsp3) is 0.471. The maximum atomic E-state index is 13.4. The molecule has 0 spiro atoms. The number of amides is 1. The van der Waals surface area contributed by atoms with E-state index in [2.05, 4.69) is 22.1 Å². The van der Waals surface area contributed by atoms with E-state index in [1.165, 1.54) is 12.1 Å². The van der Waals surface area contributed by atoms with Crippen LogP contribution in [-0.2, 0) is 11.2 Å². The average molecular weight is 332 g/mol. The molecule has 1 unspecified atom stereocenters. The van der Waals surface area contributed by atoms with Gasteiger partial charge in [-0.2, -0.15) is 5.10 Å². The first-order valence-electron chi connectivity index (χ1n) is 8.16. The highest BCUT2D eigenvalue weighted by Crippen LogP contribution is 2.21. The lowest BCUT2D eigenvalue weighted by Gasteiger charge is -2.31. The SMILES string of the molecule is CCCc1nc(C2CN(C(=O)c3ccc(F)c(C)c3)CCO2)n[nH]1. The van der Waals surface area contributed by atoms with E-state index in [4.69, 9.17) is 4.74 Å². The number of ether oxygens (including phenoxy) is 1. The first-order chi connectivity index (χ1) is 11.6. The van der Waals surface area contributed by atoms with E-state index in [0.29, 0.717) is 36.6 Å². The number of aromatic amines is 1. The van der Waals surface area contributed by atoms with Crippen molar-refractivity contribution in [1.29, 1.82) is 0 Å². The summed E-state index contributed by atoms with van der Waals surface area (Å²) in [5.41, 5.74) is 0.944. The van der Waals surface area contributed by atoms with Gasteiger partial charge in [0.15, 0.2) is 5.82 Å². The quantitative estimate of drug-likeness (QED) is 0.933. The zero-order chi connectivity index (χ0) is 17.1. The molecule has 0 radical (unpaired) electrons. The van der Waals surface area contributed by atoms with Crippen LogP contribution in [0.3, 0.4) is 0 Å². The van der Waals surface area contributed by atoms with Crippen LogP contribution < -0.4 is 0 Å². The lowest BCUT2D eigenvalue weighted by atomic mass is 10.1. The van der Waals surface area contributed by atoms with Gasteiger partial charge in [-0.25, -0.2) is 9.37 Å². The van der Waals surface area contributed by atoms with Crippen molar-refractivity contribution in [2.24, 2.45) is 0 Å². The number of benzene rings is 1. The number of carbonyl (C=O) groups excluding carboxylic acids is 1. The van der Waals surface area contributed by atoms with Gasteiger partial charge in [-0.3, -0.25) is 9.89 Å². The molecule has 1 aromatic carbocycles. The van der Waals surface area contributed by atoms with Crippen LogP contribution in [0.5, 0.6) is 0 Å². The number of carbonyl (C=O) groups is 1. The first-order valence-corrected chi connectivity index (χ1v) is 8.16. The summed E-state index contributed by atoms with van der Waals surface area (Å²) < 4.78 is 19.1. The molecule has 24 heavy (non-hydrogen) atoms. The number of nitrogens with zero attached hydrogens (tertiary/aromatic N) is 3. The van der Waals surface area contributed by atoms with Gasteiger partial charge in [0.05, 0.1) is 13.2 Å². The second kappa shape index (κ2) is 7.09. The molecule has 6 nitrogen and oxygen atoms in total. The third-order valence-electron chi connectivity index (χ3n) is 4.08. The van der Waals surface area contributed by atoms with Crippen molar-refractivity contribution in [3.05, 3.63) is 46.8 Å². The Bertz CT molecular complexity index is 731. The molecule has 1 aromatic heterocycles. The van der Waals surface area contributed by atoms with Gasteiger partial charge < -0.3 is 9.64 Å². The largest absolute Gasteiger partial charge is 0.366 e. The first kappa shape index (κ1) is 16.6. The molecular formula is C17H21FN4O2. The van der Waals surface area contributed by atoms with Gasteiger partial charge in [0.25, 0.3) is 5.91 Å². The number of nitrogens with one attached hydrogen (secondary N) is 1. The van der Waals surface area contributed by atoms with Crippen molar-refractivity contribution in [1.82, 2.24) is 20.1 Å². The molecule has 2 heterocycles. The van der Waals surface area contributed by atoms with E-state index in [1.807, 2.05) is 0 Å². The third kappa shape index (κ3) is 3.46. The number of aryl methyl sites for hydroxylation is 2.